The van der Waals surface area contributed by atoms with E-state index < -0.39 is 0 Å². The molecular formula is C19H21N5OS. The molecule has 0 aliphatic heterocycles. The van der Waals surface area contributed by atoms with Crippen LogP contribution in [0.5, 0.6) is 0 Å². The van der Waals surface area contributed by atoms with Gasteiger partial charge in [0.25, 0.3) is 0 Å². The Balaban J connectivity index is 1.62. The molecule has 2 atom stereocenters. The van der Waals surface area contributed by atoms with Gasteiger partial charge in [-0.15, -0.1) is 11.3 Å². The number of rotatable bonds is 5. The molecule has 0 amide bonds. The van der Waals surface area contributed by atoms with Crippen molar-refractivity contribution in [2.24, 2.45) is 5.92 Å². The normalized spacial score (nSPS) is 19.6. The fourth-order valence-corrected chi connectivity index (χ4v) is 4.29. The number of nitrogens with zero attached hydrogens (tertiary/aromatic N) is 3. The predicted octanol–water partition coefficient (Wildman–Crippen LogP) is 3.42. The van der Waals surface area contributed by atoms with E-state index in [-0.39, 0.29) is 18.6 Å². The van der Waals surface area contributed by atoms with Gasteiger partial charge < -0.3 is 16.2 Å². The number of aliphatic hydroxyl groups excluding tert-OH is 1. The van der Waals surface area contributed by atoms with E-state index in [9.17, 15) is 5.11 Å². The SMILES string of the molecule is Nc1ncc(-c2ncc(-c3ccccc3)s2)c(NC2CCC(CO)C2)n1. The van der Waals surface area contributed by atoms with E-state index in [0.29, 0.717) is 5.92 Å². The minimum absolute atomic E-state index is 0.240. The first kappa shape index (κ1) is 16.9. The molecule has 2 heterocycles. The first-order valence-corrected chi connectivity index (χ1v) is 9.56. The lowest BCUT2D eigenvalue weighted by Gasteiger charge is -2.15. The van der Waals surface area contributed by atoms with Gasteiger partial charge in [0.2, 0.25) is 5.95 Å². The third-order valence-electron chi connectivity index (χ3n) is 4.74. The summed E-state index contributed by atoms with van der Waals surface area (Å²) in [5.41, 5.74) is 7.81. The maximum atomic E-state index is 9.36. The van der Waals surface area contributed by atoms with Crippen LogP contribution in [0.25, 0.3) is 21.0 Å². The number of aromatic nitrogens is 3. The number of aliphatic hydroxyl groups is 1. The van der Waals surface area contributed by atoms with Crippen LogP contribution < -0.4 is 11.1 Å². The molecule has 1 fully saturated rings. The average molecular weight is 367 g/mol. The highest BCUT2D eigenvalue weighted by molar-refractivity contribution is 7.18. The summed E-state index contributed by atoms with van der Waals surface area (Å²) in [6.07, 6.45) is 6.59. The molecule has 0 saturated heterocycles. The Morgan fingerprint density at radius 2 is 2.00 bits per heavy atom. The fourth-order valence-electron chi connectivity index (χ4n) is 3.36. The Bertz CT molecular complexity index is 883. The Kier molecular flexibility index (Phi) is 4.81. The lowest BCUT2D eigenvalue weighted by molar-refractivity contribution is 0.229. The molecule has 1 aromatic carbocycles. The summed E-state index contributed by atoms with van der Waals surface area (Å²) in [6.45, 7) is 0.240. The maximum absolute atomic E-state index is 9.36. The van der Waals surface area contributed by atoms with Gasteiger partial charge in [-0.1, -0.05) is 30.3 Å². The maximum Gasteiger partial charge on any atom is 0.221 e. The largest absolute Gasteiger partial charge is 0.396 e. The Hall–Kier alpha value is -2.51. The lowest BCUT2D eigenvalue weighted by atomic mass is 10.1. The van der Waals surface area contributed by atoms with E-state index in [4.69, 9.17) is 5.73 Å². The summed E-state index contributed by atoms with van der Waals surface area (Å²) in [4.78, 5) is 14.2. The van der Waals surface area contributed by atoms with Gasteiger partial charge in [-0.2, -0.15) is 4.98 Å². The second-order valence-corrected chi connectivity index (χ2v) is 7.62. The van der Waals surface area contributed by atoms with Crippen LogP contribution in [0.15, 0.2) is 42.7 Å². The second-order valence-electron chi connectivity index (χ2n) is 6.59. The van der Waals surface area contributed by atoms with Crippen LogP contribution in [-0.2, 0) is 0 Å². The Labute approximate surface area is 156 Å². The van der Waals surface area contributed by atoms with Crippen molar-refractivity contribution >= 4 is 23.1 Å². The number of anilines is 2. The zero-order valence-electron chi connectivity index (χ0n) is 14.3. The van der Waals surface area contributed by atoms with Crippen LogP contribution in [0, 0.1) is 5.92 Å². The molecule has 4 N–H and O–H groups in total. The zero-order valence-corrected chi connectivity index (χ0v) is 15.1. The highest BCUT2D eigenvalue weighted by Gasteiger charge is 2.25. The molecule has 3 aromatic rings. The topological polar surface area (TPSA) is 97.0 Å². The highest BCUT2D eigenvalue weighted by Crippen LogP contribution is 2.36. The molecular weight excluding hydrogens is 346 g/mol. The summed E-state index contributed by atoms with van der Waals surface area (Å²) < 4.78 is 0. The number of hydrogen-bond donors (Lipinski definition) is 3. The number of nitrogens with two attached hydrogens (primary N) is 1. The molecule has 0 spiro atoms. The van der Waals surface area contributed by atoms with Crippen molar-refractivity contribution in [3.63, 3.8) is 0 Å². The third-order valence-corrected chi connectivity index (χ3v) is 5.82. The lowest BCUT2D eigenvalue weighted by Crippen LogP contribution is -2.18. The molecule has 26 heavy (non-hydrogen) atoms. The molecule has 1 aliphatic rings. The van der Waals surface area contributed by atoms with E-state index in [1.165, 1.54) is 0 Å². The average Bonchev–Trinajstić information content (AvgIpc) is 3.32. The fraction of sp³-hybridized carbons (Fsp3) is 0.316. The minimum Gasteiger partial charge on any atom is -0.396 e. The van der Waals surface area contributed by atoms with Gasteiger partial charge in [-0.25, -0.2) is 9.97 Å². The van der Waals surface area contributed by atoms with Crippen molar-refractivity contribution in [1.82, 2.24) is 15.0 Å². The molecule has 134 valence electrons. The van der Waals surface area contributed by atoms with E-state index >= 15 is 0 Å². The van der Waals surface area contributed by atoms with E-state index in [1.807, 2.05) is 24.4 Å². The van der Waals surface area contributed by atoms with Gasteiger partial charge in [0, 0.05) is 25.0 Å². The first-order chi connectivity index (χ1) is 12.7. The molecule has 0 radical (unpaired) electrons. The molecule has 2 unspecified atom stereocenters. The van der Waals surface area contributed by atoms with Gasteiger partial charge in [0.05, 0.1) is 10.4 Å². The van der Waals surface area contributed by atoms with Gasteiger partial charge >= 0.3 is 0 Å². The molecule has 6 nitrogen and oxygen atoms in total. The van der Waals surface area contributed by atoms with Gasteiger partial charge in [-0.3, -0.25) is 0 Å². The Morgan fingerprint density at radius 1 is 1.15 bits per heavy atom. The van der Waals surface area contributed by atoms with Crippen LogP contribution in [0.3, 0.4) is 0 Å². The van der Waals surface area contributed by atoms with Crippen molar-refractivity contribution < 1.29 is 5.11 Å². The monoisotopic (exact) mass is 367 g/mol. The summed E-state index contributed by atoms with van der Waals surface area (Å²) in [7, 11) is 0. The smallest absolute Gasteiger partial charge is 0.221 e. The molecule has 4 rings (SSSR count). The van der Waals surface area contributed by atoms with E-state index in [1.54, 1.807) is 17.5 Å². The standard InChI is InChI=1S/C19H21N5OS/c20-19-22-9-15(17(24-19)23-14-7-6-12(8-14)11-25)18-21-10-16(26-18)13-4-2-1-3-5-13/h1-5,9-10,12,14,25H,6-8,11H2,(H3,20,22,23,24). The summed E-state index contributed by atoms with van der Waals surface area (Å²) in [6, 6.07) is 10.5. The van der Waals surface area contributed by atoms with E-state index in [2.05, 4.69) is 32.4 Å². The van der Waals surface area contributed by atoms with Gasteiger partial charge in [-0.05, 0) is 30.7 Å². The third kappa shape index (κ3) is 3.54. The Morgan fingerprint density at radius 3 is 2.77 bits per heavy atom. The van der Waals surface area contributed by atoms with Gasteiger partial charge in [0.15, 0.2) is 0 Å². The minimum atomic E-state index is 0.240. The van der Waals surface area contributed by atoms with Crippen molar-refractivity contribution in [2.75, 3.05) is 17.7 Å². The number of hydrogen-bond acceptors (Lipinski definition) is 7. The quantitative estimate of drug-likeness (QED) is 0.639. The number of nitrogens with one attached hydrogen (secondary N) is 1. The van der Waals surface area contributed by atoms with Crippen molar-refractivity contribution in [2.45, 2.75) is 25.3 Å². The van der Waals surface area contributed by atoms with Gasteiger partial charge in [0.1, 0.15) is 10.8 Å². The molecule has 7 heteroatoms. The second kappa shape index (κ2) is 7.39. The first-order valence-electron chi connectivity index (χ1n) is 8.74. The number of nitrogen functional groups attached to an aromatic ring is 1. The predicted molar refractivity (Wildman–Crippen MR) is 105 cm³/mol. The summed E-state index contributed by atoms with van der Waals surface area (Å²) >= 11 is 1.61. The van der Waals surface area contributed by atoms with Crippen molar-refractivity contribution in [3.05, 3.63) is 42.7 Å². The highest BCUT2D eigenvalue weighted by atomic mass is 32.1. The molecule has 1 saturated carbocycles. The van der Waals surface area contributed by atoms with Crippen LogP contribution in [0.2, 0.25) is 0 Å². The molecule has 0 bridgehead atoms. The van der Waals surface area contributed by atoms with Crippen LogP contribution in [-0.4, -0.2) is 32.7 Å². The van der Waals surface area contributed by atoms with Crippen molar-refractivity contribution in [1.29, 1.82) is 0 Å². The molecule has 1 aliphatic carbocycles. The summed E-state index contributed by atoms with van der Waals surface area (Å²) in [5.74, 6) is 1.32. The van der Waals surface area contributed by atoms with E-state index in [0.717, 1.165) is 46.1 Å². The summed E-state index contributed by atoms with van der Waals surface area (Å²) in [5, 5.41) is 13.7. The van der Waals surface area contributed by atoms with Crippen LogP contribution in [0.1, 0.15) is 19.3 Å². The zero-order chi connectivity index (χ0) is 17.9. The molecule has 2 aromatic heterocycles. The van der Waals surface area contributed by atoms with Crippen LogP contribution >= 0.6 is 11.3 Å². The van der Waals surface area contributed by atoms with Crippen LogP contribution in [0.4, 0.5) is 11.8 Å². The number of thiazole rings is 1. The number of benzene rings is 1. The van der Waals surface area contributed by atoms with Crippen molar-refractivity contribution in [3.8, 4) is 21.0 Å².